The van der Waals surface area contributed by atoms with Crippen LogP contribution in [0.5, 0.6) is 11.5 Å². The predicted molar refractivity (Wildman–Crippen MR) is 99.6 cm³/mol. The zero-order chi connectivity index (χ0) is 18.5. The van der Waals surface area contributed by atoms with Crippen molar-refractivity contribution in [1.82, 2.24) is 0 Å². The van der Waals surface area contributed by atoms with Crippen molar-refractivity contribution in [2.75, 3.05) is 19.0 Å². The lowest BCUT2D eigenvalue weighted by Gasteiger charge is -2.12. The summed E-state index contributed by atoms with van der Waals surface area (Å²) in [5.74, 6) is 0.0504. The number of ether oxygens (including phenoxy) is 2. The van der Waals surface area contributed by atoms with Gasteiger partial charge in [-0.3, -0.25) is 9.59 Å². The number of hydrogen-bond donors (Lipinski definition) is 2. The second-order valence-electron chi connectivity index (χ2n) is 5.64. The van der Waals surface area contributed by atoms with Crippen LogP contribution in [0.2, 0.25) is 0 Å². The SMILES string of the molecule is COc1cc2ccccc2cc1C(=O)Nc1cccc(OCC(N)=O)c1. The van der Waals surface area contributed by atoms with Gasteiger partial charge in [-0.1, -0.05) is 30.3 Å². The first kappa shape index (κ1) is 17.3. The van der Waals surface area contributed by atoms with Crippen molar-refractivity contribution in [1.29, 1.82) is 0 Å². The minimum absolute atomic E-state index is 0.226. The topological polar surface area (TPSA) is 90.7 Å². The van der Waals surface area contributed by atoms with Crippen LogP contribution in [0.4, 0.5) is 5.69 Å². The second-order valence-corrected chi connectivity index (χ2v) is 5.64. The van der Waals surface area contributed by atoms with Crippen molar-refractivity contribution in [2.24, 2.45) is 5.73 Å². The van der Waals surface area contributed by atoms with E-state index >= 15 is 0 Å². The Bertz CT molecular complexity index is 969. The van der Waals surface area contributed by atoms with E-state index in [0.717, 1.165) is 10.8 Å². The smallest absolute Gasteiger partial charge is 0.259 e. The number of fused-ring (bicyclic) bond motifs is 1. The molecule has 0 radical (unpaired) electrons. The van der Waals surface area contributed by atoms with Gasteiger partial charge in [-0.2, -0.15) is 0 Å². The molecule has 0 heterocycles. The largest absolute Gasteiger partial charge is 0.496 e. The highest BCUT2D eigenvalue weighted by atomic mass is 16.5. The fraction of sp³-hybridized carbons (Fsp3) is 0.100. The molecule has 0 saturated carbocycles. The third-order valence-corrected chi connectivity index (χ3v) is 3.79. The molecule has 0 atom stereocenters. The molecule has 2 amide bonds. The highest BCUT2D eigenvalue weighted by Crippen LogP contribution is 2.27. The van der Waals surface area contributed by atoms with E-state index in [4.69, 9.17) is 15.2 Å². The summed E-state index contributed by atoms with van der Waals surface area (Å²) >= 11 is 0. The van der Waals surface area contributed by atoms with E-state index in [1.165, 1.54) is 7.11 Å². The zero-order valence-electron chi connectivity index (χ0n) is 14.2. The van der Waals surface area contributed by atoms with Gasteiger partial charge in [0.1, 0.15) is 11.5 Å². The molecule has 0 unspecified atom stereocenters. The average Bonchev–Trinajstić information content (AvgIpc) is 2.65. The molecule has 6 nitrogen and oxygen atoms in total. The molecule has 3 aromatic carbocycles. The van der Waals surface area contributed by atoms with Gasteiger partial charge in [-0.15, -0.1) is 0 Å². The second kappa shape index (κ2) is 7.57. The Kier molecular flexibility index (Phi) is 5.03. The monoisotopic (exact) mass is 350 g/mol. The van der Waals surface area contributed by atoms with Crippen molar-refractivity contribution in [2.45, 2.75) is 0 Å². The van der Waals surface area contributed by atoms with Gasteiger partial charge in [0.2, 0.25) is 0 Å². The molecular formula is C20H18N2O4. The maximum absolute atomic E-state index is 12.7. The van der Waals surface area contributed by atoms with Gasteiger partial charge in [0.25, 0.3) is 11.8 Å². The molecule has 26 heavy (non-hydrogen) atoms. The zero-order valence-corrected chi connectivity index (χ0v) is 14.2. The Morgan fingerprint density at radius 2 is 1.73 bits per heavy atom. The van der Waals surface area contributed by atoms with Crippen LogP contribution in [0.25, 0.3) is 10.8 Å². The van der Waals surface area contributed by atoms with Gasteiger partial charge in [0, 0.05) is 11.8 Å². The summed E-state index contributed by atoms with van der Waals surface area (Å²) in [5, 5.41) is 4.74. The number of methoxy groups -OCH3 is 1. The lowest BCUT2D eigenvalue weighted by Crippen LogP contribution is -2.20. The number of primary amides is 1. The fourth-order valence-corrected chi connectivity index (χ4v) is 2.58. The van der Waals surface area contributed by atoms with Gasteiger partial charge in [-0.05, 0) is 35.0 Å². The molecule has 3 aromatic rings. The number of nitrogens with two attached hydrogens (primary N) is 1. The molecule has 0 saturated heterocycles. The third-order valence-electron chi connectivity index (χ3n) is 3.79. The quantitative estimate of drug-likeness (QED) is 0.715. The first-order valence-electron chi connectivity index (χ1n) is 7.96. The van der Waals surface area contributed by atoms with Crippen molar-refractivity contribution in [3.05, 3.63) is 66.2 Å². The molecule has 0 bridgehead atoms. The molecular weight excluding hydrogens is 332 g/mol. The first-order chi connectivity index (χ1) is 12.6. The first-order valence-corrected chi connectivity index (χ1v) is 7.96. The van der Waals surface area contributed by atoms with Crippen LogP contribution in [-0.4, -0.2) is 25.5 Å². The lowest BCUT2D eigenvalue weighted by atomic mass is 10.1. The Labute approximate surface area is 150 Å². The van der Waals surface area contributed by atoms with E-state index in [0.29, 0.717) is 22.7 Å². The normalized spacial score (nSPS) is 10.3. The number of nitrogens with one attached hydrogen (secondary N) is 1. The Morgan fingerprint density at radius 1 is 1.00 bits per heavy atom. The number of anilines is 1. The number of rotatable bonds is 6. The maximum Gasteiger partial charge on any atom is 0.259 e. The van der Waals surface area contributed by atoms with Gasteiger partial charge in [0.05, 0.1) is 12.7 Å². The summed E-state index contributed by atoms with van der Waals surface area (Å²) in [6.45, 7) is -0.226. The Morgan fingerprint density at radius 3 is 2.42 bits per heavy atom. The molecule has 0 aliphatic carbocycles. The van der Waals surface area contributed by atoms with Gasteiger partial charge in [-0.25, -0.2) is 0 Å². The summed E-state index contributed by atoms with van der Waals surface area (Å²) in [5.41, 5.74) is 6.02. The van der Waals surface area contributed by atoms with E-state index in [2.05, 4.69) is 5.32 Å². The van der Waals surface area contributed by atoms with E-state index in [-0.39, 0.29) is 12.5 Å². The molecule has 0 aliphatic rings. The van der Waals surface area contributed by atoms with Crippen LogP contribution in [0, 0.1) is 0 Å². The van der Waals surface area contributed by atoms with Gasteiger partial charge < -0.3 is 20.5 Å². The molecule has 0 spiro atoms. The highest BCUT2D eigenvalue weighted by Gasteiger charge is 2.14. The van der Waals surface area contributed by atoms with E-state index in [1.807, 2.05) is 30.3 Å². The molecule has 0 aromatic heterocycles. The summed E-state index contributed by atoms with van der Waals surface area (Å²) in [6.07, 6.45) is 0. The number of amides is 2. The molecule has 6 heteroatoms. The maximum atomic E-state index is 12.7. The van der Waals surface area contributed by atoms with Gasteiger partial charge in [0.15, 0.2) is 6.61 Å². The number of benzene rings is 3. The summed E-state index contributed by atoms with van der Waals surface area (Å²) in [6, 6.07) is 18.1. The van der Waals surface area contributed by atoms with Crippen LogP contribution in [0.1, 0.15) is 10.4 Å². The fourth-order valence-electron chi connectivity index (χ4n) is 2.58. The van der Waals surface area contributed by atoms with E-state index in [1.54, 1.807) is 30.3 Å². The Balaban J connectivity index is 1.85. The Hall–Kier alpha value is -3.54. The number of carbonyl (C=O) groups is 2. The van der Waals surface area contributed by atoms with Crippen LogP contribution in [0.15, 0.2) is 60.7 Å². The summed E-state index contributed by atoms with van der Waals surface area (Å²) in [7, 11) is 1.53. The van der Waals surface area contributed by atoms with Crippen molar-refractivity contribution >= 4 is 28.3 Å². The minimum atomic E-state index is -0.569. The van der Waals surface area contributed by atoms with E-state index in [9.17, 15) is 9.59 Å². The van der Waals surface area contributed by atoms with Crippen LogP contribution < -0.4 is 20.5 Å². The molecule has 132 valence electrons. The minimum Gasteiger partial charge on any atom is -0.496 e. The number of hydrogen-bond acceptors (Lipinski definition) is 4. The molecule has 3 N–H and O–H groups in total. The third kappa shape index (κ3) is 3.92. The van der Waals surface area contributed by atoms with Crippen LogP contribution in [-0.2, 0) is 4.79 Å². The summed E-state index contributed by atoms with van der Waals surface area (Å²) in [4.78, 5) is 23.5. The van der Waals surface area contributed by atoms with Crippen molar-refractivity contribution in [3.63, 3.8) is 0 Å². The van der Waals surface area contributed by atoms with E-state index < -0.39 is 5.91 Å². The summed E-state index contributed by atoms with van der Waals surface area (Å²) < 4.78 is 10.6. The van der Waals surface area contributed by atoms with Crippen LogP contribution in [0.3, 0.4) is 0 Å². The lowest BCUT2D eigenvalue weighted by molar-refractivity contribution is -0.119. The number of carbonyl (C=O) groups excluding carboxylic acids is 2. The standard InChI is InChI=1S/C20H18N2O4/c1-25-18-10-14-6-3-2-5-13(14)9-17(18)20(24)22-15-7-4-8-16(11-15)26-12-19(21)23/h2-11H,12H2,1H3,(H2,21,23)(H,22,24). The molecule has 3 rings (SSSR count). The molecule has 0 fully saturated rings. The molecule has 0 aliphatic heterocycles. The van der Waals surface area contributed by atoms with Crippen LogP contribution >= 0.6 is 0 Å². The van der Waals surface area contributed by atoms with Crippen molar-refractivity contribution in [3.8, 4) is 11.5 Å². The average molecular weight is 350 g/mol. The highest BCUT2D eigenvalue weighted by molar-refractivity contribution is 6.08. The predicted octanol–water partition coefficient (Wildman–Crippen LogP) is 2.96. The van der Waals surface area contributed by atoms with Crippen molar-refractivity contribution < 1.29 is 19.1 Å². The van der Waals surface area contributed by atoms with Gasteiger partial charge >= 0.3 is 0 Å².